The average Bonchev–Trinajstić information content (AvgIpc) is 2.18. The second-order valence-corrected chi connectivity index (χ2v) is 4.64. The highest BCUT2D eigenvalue weighted by atomic mass is 127. The number of carbonyl (C=O) groups excluding carboxylic acids is 1. The summed E-state index contributed by atoms with van der Waals surface area (Å²) in [5, 5.41) is 0.482. The van der Waals surface area contributed by atoms with Crippen molar-refractivity contribution in [3.8, 4) is 5.75 Å². The van der Waals surface area contributed by atoms with Gasteiger partial charge in [0.25, 0.3) is 5.91 Å². The maximum absolute atomic E-state index is 11.0. The average molecular weight is 340 g/mol. The Morgan fingerprint density at radius 1 is 1.67 bits per heavy atom. The van der Waals surface area contributed by atoms with E-state index in [9.17, 15) is 4.79 Å². The van der Waals surface area contributed by atoms with Gasteiger partial charge in [-0.2, -0.15) is 0 Å². The highest BCUT2D eigenvalue weighted by Gasteiger charge is 2.16. The molecule has 1 aromatic rings. The van der Waals surface area contributed by atoms with Crippen LogP contribution in [0.1, 0.15) is 13.3 Å². The van der Waals surface area contributed by atoms with Crippen LogP contribution in [0, 0.1) is 3.57 Å². The SMILES string of the molecule is CCC(Oc1cc(I)ccc1Cl)C(N)=O. The number of halogens is 2. The van der Waals surface area contributed by atoms with Crippen LogP contribution in [0.2, 0.25) is 5.02 Å². The van der Waals surface area contributed by atoms with Gasteiger partial charge in [-0.05, 0) is 47.2 Å². The van der Waals surface area contributed by atoms with Gasteiger partial charge in [-0.3, -0.25) is 4.79 Å². The largest absolute Gasteiger partial charge is 0.479 e. The summed E-state index contributed by atoms with van der Waals surface area (Å²) in [4.78, 5) is 11.0. The topological polar surface area (TPSA) is 52.3 Å². The fourth-order valence-corrected chi connectivity index (χ4v) is 1.69. The monoisotopic (exact) mass is 339 g/mol. The van der Waals surface area contributed by atoms with Crippen LogP contribution in [0.5, 0.6) is 5.75 Å². The molecule has 82 valence electrons. The molecule has 0 saturated heterocycles. The predicted octanol–water partition coefficient (Wildman–Crippen LogP) is 2.59. The number of hydrogen-bond acceptors (Lipinski definition) is 2. The van der Waals surface area contributed by atoms with Crippen molar-refractivity contribution in [2.24, 2.45) is 5.73 Å². The molecule has 1 unspecified atom stereocenters. The molecule has 0 aromatic heterocycles. The minimum Gasteiger partial charge on any atom is -0.479 e. The van der Waals surface area contributed by atoms with Crippen molar-refractivity contribution in [1.82, 2.24) is 0 Å². The molecule has 0 fully saturated rings. The van der Waals surface area contributed by atoms with Gasteiger partial charge in [0, 0.05) is 3.57 Å². The molecule has 0 aliphatic rings. The molecule has 0 radical (unpaired) electrons. The number of primary amides is 1. The maximum Gasteiger partial charge on any atom is 0.258 e. The number of benzene rings is 1. The first kappa shape index (κ1) is 12.6. The first-order valence-electron chi connectivity index (χ1n) is 4.45. The van der Waals surface area contributed by atoms with Crippen molar-refractivity contribution in [1.29, 1.82) is 0 Å². The third-order valence-corrected chi connectivity index (χ3v) is 2.83. The Morgan fingerprint density at radius 3 is 2.87 bits per heavy atom. The molecule has 0 aliphatic heterocycles. The molecule has 0 saturated carbocycles. The van der Waals surface area contributed by atoms with E-state index in [4.69, 9.17) is 22.1 Å². The summed E-state index contributed by atoms with van der Waals surface area (Å²) in [5.41, 5.74) is 5.17. The molecule has 0 spiro atoms. The number of rotatable bonds is 4. The molecular formula is C10H11ClINO2. The van der Waals surface area contributed by atoms with Crippen molar-refractivity contribution in [3.05, 3.63) is 26.8 Å². The summed E-state index contributed by atoms with van der Waals surface area (Å²) >= 11 is 8.06. The van der Waals surface area contributed by atoms with Crippen LogP contribution < -0.4 is 10.5 Å². The van der Waals surface area contributed by atoms with E-state index in [-0.39, 0.29) is 0 Å². The molecule has 15 heavy (non-hydrogen) atoms. The lowest BCUT2D eigenvalue weighted by Crippen LogP contribution is -2.33. The zero-order chi connectivity index (χ0) is 11.4. The highest BCUT2D eigenvalue weighted by Crippen LogP contribution is 2.27. The van der Waals surface area contributed by atoms with Gasteiger partial charge in [0.05, 0.1) is 5.02 Å². The van der Waals surface area contributed by atoms with Crippen LogP contribution in [0.15, 0.2) is 18.2 Å². The second-order valence-electron chi connectivity index (χ2n) is 2.99. The number of nitrogens with two attached hydrogens (primary N) is 1. The summed E-state index contributed by atoms with van der Waals surface area (Å²) in [6.07, 6.45) is -0.0994. The van der Waals surface area contributed by atoms with Gasteiger partial charge in [0.1, 0.15) is 5.75 Å². The van der Waals surface area contributed by atoms with E-state index in [1.54, 1.807) is 12.1 Å². The number of ether oxygens (including phenoxy) is 1. The lowest BCUT2D eigenvalue weighted by molar-refractivity contribution is -0.124. The molecule has 0 aliphatic carbocycles. The summed E-state index contributed by atoms with van der Waals surface area (Å²) in [6.45, 7) is 1.83. The Labute approximate surface area is 107 Å². The van der Waals surface area contributed by atoms with Gasteiger partial charge in [-0.1, -0.05) is 18.5 Å². The zero-order valence-corrected chi connectivity index (χ0v) is 11.1. The quantitative estimate of drug-likeness (QED) is 0.857. The Kier molecular flexibility index (Phi) is 4.66. The van der Waals surface area contributed by atoms with E-state index < -0.39 is 12.0 Å². The van der Waals surface area contributed by atoms with Crippen molar-refractivity contribution in [3.63, 3.8) is 0 Å². The molecule has 1 amide bonds. The van der Waals surface area contributed by atoms with Gasteiger partial charge in [0.2, 0.25) is 0 Å². The van der Waals surface area contributed by atoms with E-state index >= 15 is 0 Å². The van der Waals surface area contributed by atoms with E-state index in [0.29, 0.717) is 17.2 Å². The number of carbonyl (C=O) groups is 1. The van der Waals surface area contributed by atoms with Crippen LogP contribution in [-0.4, -0.2) is 12.0 Å². The lowest BCUT2D eigenvalue weighted by Gasteiger charge is -2.15. The molecule has 0 bridgehead atoms. The Hall–Kier alpha value is -0.490. The highest BCUT2D eigenvalue weighted by molar-refractivity contribution is 14.1. The number of amides is 1. The molecule has 3 nitrogen and oxygen atoms in total. The fourth-order valence-electron chi connectivity index (χ4n) is 1.06. The van der Waals surface area contributed by atoms with Crippen molar-refractivity contribution in [2.45, 2.75) is 19.4 Å². The van der Waals surface area contributed by atoms with Crippen LogP contribution in [0.4, 0.5) is 0 Å². The van der Waals surface area contributed by atoms with Gasteiger partial charge in [0.15, 0.2) is 6.10 Å². The molecule has 1 aromatic carbocycles. The minimum absolute atomic E-state index is 0.479. The first-order chi connectivity index (χ1) is 7.04. The maximum atomic E-state index is 11.0. The Bertz CT molecular complexity index is 370. The van der Waals surface area contributed by atoms with Crippen molar-refractivity contribution < 1.29 is 9.53 Å². The van der Waals surface area contributed by atoms with E-state index in [2.05, 4.69) is 22.6 Å². The second kappa shape index (κ2) is 5.55. The third kappa shape index (κ3) is 3.53. The minimum atomic E-state index is -0.624. The van der Waals surface area contributed by atoms with Crippen LogP contribution in [0.25, 0.3) is 0 Å². The van der Waals surface area contributed by atoms with Gasteiger partial charge >= 0.3 is 0 Å². The molecule has 1 atom stereocenters. The molecule has 5 heteroatoms. The van der Waals surface area contributed by atoms with Crippen molar-refractivity contribution >= 4 is 40.1 Å². The molecular weight excluding hydrogens is 328 g/mol. The Morgan fingerprint density at radius 2 is 2.33 bits per heavy atom. The lowest BCUT2D eigenvalue weighted by atomic mass is 10.2. The van der Waals surface area contributed by atoms with Crippen LogP contribution in [-0.2, 0) is 4.79 Å². The van der Waals surface area contributed by atoms with Crippen molar-refractivity contribution in [2.75, 3.05) is 0 Å². The fraction of sp³-hybridized carbons (Fsp3) is 0.300. The summed E-state index contributed by atoms with van der Waals surface area (Å²) < 4.78 is 6.42. The first-order valence-corrected chi connectivity index (χ1v) is 5.91. The summed E-state index contributed by atoms with van der Waals surface area (Å²) in [6, 6.07) is 5.36. The number of hydrogen-bond donors (Lipinski definition) is 1. The van der Waals surface area contributed by atoms with E-state index in [1.807, 2.05) is 13.0 Å². The Balaban J connectivity index is 2.87. The van der Waals surface area contributed by atoms with E-state index in [1.165, 1.54) is 0 Å². The van der Waals surface area contributed by atoms with Gasteiger partial charge < -0.3 is 10.5 Å². The summed E-state index contributed by atoms with van der Waals surface area (Å²) in [5.74, 6) is 0.0154. The summed E-state index contributed by atoms with van der Waals surface area (Å²) in [7, 11) is 0. The predicted molar refractivity (Wildman–Crippen MR) is 68.1 cm³/mol. The standard InChI is InChI=1S/C10H11ClINO2/c1-2-8(10(13)14)15-9-5-6(12)3-4-7(9)11/h3-5,8H,2H2,1H3,(H2,13,14). The van der Waals surface area contributed by atoms with E-state index in [0.717, 1.165) is 3.57 Å². The normalized spacial score (nSPS) is 12.2. The molecule has 0 heterocycles. The zero-order valence-electron chi connectivity index (χ0n) is 8.17. The van der Waals surface area contributed by atoms with Gasteiger partial charge in [-0.15, -0.1) is 0 Å². The van der Waals surface area contributed by atoms with Gasteiger partial charge in [-0.25, -0.2) is 0 Å². The van der Waals surface area contributed by atoms with Crippen LogP contribution in [0.3, 0.4) is 0 Å². The smallest absolute Gasteiger partial charge is 0.258 e. The third-order valence-electron chi connectivity index (χ3n) is 1.85. The molecule has 2 N–H and O–H groups in total. The van der Waals surface area contributed by atoms with Crippen LogP contribution >= 0.6 is 34.2 Å². The molecule has 1 rings (SSSR count).